The molecular formula is C12H8ClN3O. The third-order valence-corrected chi connectivity index (χ3v) is 2.72. The predicted molar refractivity (Wildman–Crippen MR) is 65.5 cm³/mol. The fraction of sp³-hybridized carbons (Fsp3) is 0. The van der Waals surface area contributed by atoms with Gasteiger partial charge in [0.15, 0.2) is 5.65 Å². The van der Waals surface area contributed by atoms with E-state index in [9.17, 15) is 5.11 Å². The van der Waals surface area contributed by atoms with Crippen LogP contribution in [0.1, 0.15) is 0 Å². The van der Waals surface area contributed by atoms with E-state index >= 15 is 0 Å². The molecule has 0 radical (unpaired) electrons. The van der Waals surface area contributed by atoms with E-state index in [1.54, 1.807) is 10.6 Å². The predicted octanol–water partition coefficient (Wildman–Crippen LogP) is 2.78. The molecule has 0 amide bonds. The first-order valence-corrected chi connectivity index (χ1v) is 5.43. The first-order valence-electron chi connectivity index (χ1n) is 5.05. The van der Waals surface area contributed by atoms with Crippen LogP contribution in [0.2, 0.25) is 5.28 Å². The number of nitrogens with zero attached hydrogens (tertiary/aromatic N) is 3. The van der Waals surface area contributed by atoms with Crippen molar-refractivity contribution in [2.45, 2.75) is 0 Å². The minimum atomic E-state index is -0.0498. The lowest BCUT2D eigenvalue weighted by atomic mass is 10.3. The smallest absolute Gasteiger partial charge is 0.212 e. The number of hydrogen-bond acceptors (Lipinski definition) is 3. The summed E-state index contributed by atoms with van der Waals surface area (Å²) in [6, 6.07) is 12.7. The fourth-order valence-corrected chi connectivity index (χ4v) is 1.99. The zero-order valence-corrected chi connectivity index (χ0v) is 9.46. The van der Waals surface area contributed by atoms with Crippen LogP contribution in [0.3, 0.4) is 0 Å². The van der Waals surface area contributed by atoms with Gasteiger partial charge in [0, 0.05) is 6.07 Å². The quantitative estimate of drug-likeness (QED) is 0.717. The van der Waals surface area contributed by atoms with Crippen molar-refractivity contribution >= 4 is 22.8 Å². The second-order valence-corrected chi connectivity index (χ2v) is 3.90. The van der Waals surface area contributed by atoms with Gasteiger partial charge in [-0.2, -0.15) is 4.98 Å². The van der Waals surface area contributed by atoms with Crippen molar-refractivity contribution < 1.29 is 5.11 Å². The number of imidazole rings is 1. The van der Waals surface area contributed by atoms with Gasteiger partial charge in [0.25, 0.3) is 0 Å². The molecule has 0 atom stereocenters. The number of halogens is 1. The van der Waals surface area contributed by atoms with Crippen molar-refractivity contribution in [2.24, 2.45) is 0 Å². The summed E-state index contributed by atoms with van der Waals surface area (Å²) in [6.07, 6.45) is 0. The molecule has 0 saturated carbocycles. The van der Waals surface area contributed by atoms with Gasteiger partial charge in [-0.3, -0.25) is 4.57 Å². The van der Waals surface area contributed by atoms with Crippen LogP contribution in [0.25, 0.3) is 16.9 Å². The zero-order valence-electron chi connectivity index (χ0n) is 8.71. The van der Waals surface area contributed by atoms with Crippen molar-refractivity contribution in [2.75, 3.05) is 0 Å². The van der Waals surface area contributed by atoms with Gasteiger partial charge in [-0.25, -0.2) is 4.98 Å². The second-order valence-electron chi connectivity index (χ2n) is 3.56. The first kappa shape index (κ1) is 10.1. The van der Waals surface area contributed by atoms with E-state index in [1.807, 2.05) is 30.3 Å². The molecule has 2 heterocycles. The van der Waals surface area contributed by atoms with E-state index in [1.165, 1.54) is 6.07 Å². The molecule has 1 aromatic carbocycles. The normalized spacial score (nSPS) is 10.9. The molecule has 0 aliphatic carbocycles. The molecule has 17 heavy (non-hydrogen) atoms. The van der Waals surface area contributed by atoms with Gasteiger partial charge in [-0.1, -0.05) is 18.2 Å². The standard InChI is InChI=1S/C12H8ClN3O/c13-12-14-9-6-7-10(17)15-11(9)16(12)8-4-2-1-3-5-8/h1-7H,(H,15,17). The highest BCUT2D eigenvalue weighted by atomic mass is 35.5. The molecule has 0 spiro atoms. The Morgan fingerprint density at radius 2 is 1.76 bits per heavy atom. The molecule has 84 valence electrons. The number of aromatic nitrogens is 3. The summed E-state index contributed by atoms with van der Waals surface area (Å²) in [5.74, 6) is -0.0498. The van der Waals surface area contributed by atoms with Gasteiger partial charge >= 0.3 is 0 Å². The van der Waals surface area contributed by atoms with Gasteiger partial charge in [0.05, 0.1) is 5.69 Å². The van der Waals surface area contributed by atoms with Gasteiger partial charge < -0.3 is 5.11 Å². The largest absolute Gasteiger partial charge is 0.493 e. The average molecular weight is 246 g/mol. The molecule has 0 aliphatic heterocycles. The van der Waals surface area contributed by atoms with Crippen LogP contribution in [0.4, 0.5) is 0 Å². The molecular weight excluding hydrogens is 238 g/mol. The Balaban J connectivity index is 2.35. The molecule has 5 heteroatoms. The van der Waals surface area contributed by atoms with Crippen LogP contribution < -0.4 is 0 Å². The number of hydrogen-bond donors (Lipinski definition) is 1. The number of fused-ring (bicyclic) bond motifs is 1. The van der Waals surface area contributed by atoms with Crippen molar-refractivity contribution in [3.8, 4) is 11.6 Å². The van der Waals surface area contributed by atoms with Crippen LogP contribution >= 0.6 is 11.6 Å². The molecule has 2 aromatic heterocycles. The molecule has 4 nitrogen and oxygen atoms in total. The van der Waals surface area contributed by atoms with Gasteiger partial charge in [-0.05, 0) is 29.8 Å². The lowest BCUT2D eigenvalue weighted by Gasteiger charge is -2.04. The lowest BCUT2D eigenvalue weighted by Crippen LogP contribution is -1.94. The minimum absolute atomic E-state index is 0.0498. The molecule has 1 N–H and O–H groups in total. The summed E-state index contributed by atoms with van der Waals surface area (Å²) < 4.78 is 1.69. The Bertz CT molecular complexity index is 679. The van der Waals surface area contributed by atoms with E-state index in [0.29, 0.717) is 16.4 Å². The molecule has 3 rings (SSSR count). The van der Waals surface area contributed by atoms with E-state index in [0.717, 1.165) is 5.69 Å². The third-order valence-electron chi connectivity index (χ3n) is 2.46. The Kier molecular flexibility index (Phi) is 2.23. The average Bonchev–Trinajstić information content (AvgIpc) is 2.65. The Morgan fingerprint density at radius 3 is 2.53 bits per heavy atom. The maximum atomic E-state index is 9.42. The SMILES string of the molecule is Oc1ccc2nc(Cl)n(-c3ccccc3)c2n1. The minimum Gasteiger partial charge on any atom is -0.493 e. The number of rotatable bonds is 1. The maximum absolute atomic E-state index is 9.42. The number of aromatic hydroxyl groups is 1. The fourth-order valence-electron chi connectivity index (χ4n) is 1.73. The van der Waals surface area contributed by atoms with Crippen LogP contribution in [-0.4, -0.2) is 19.6 Å². The molecule has 3 aromatic rings. The van der Waals surface area contributed by atoms with Crippen LogP contribution in [0, 0.1) is 0 Å². The molecule has 0 saturated heterocycles. The van der Waals surface area contributed by atoms with Crippen molar-refractivity contribution in [3.63, 3.8) is 0 Å². The number of pyridine rings is 1. The van der Waals surface area contributed by atoms with Crippen LogP contribution in [-0.2, 0) is 0 Å². The molecule has 0 unspecified atom stereocenters. The van der Waals surface area contributed by atoms with Gasteiger partial charge in [0.1, 0.15) is 5.52 Å². The Hall–Kier alpha value is -2.07. The maximum Gasteiger partial charge on any atom is 0.212 e. The monoisotopic (exact) mass is 245 g/mol. The van der Waals surface area contributed by atoms with Crippen molar-refractivity contribution in [1.82, 2.24) is 14.5 Å². The summed E-state index contributed by atoms with van der Waals surface area (Å²) in [5.41, 5.74) is 2.05. The number of para-hydroxylation sites is 1. The zero-order chi connectivity index (χ0) is 11.8. The topological polar surface area (TPSA) is 50.9 Å². The highest BCUT2D eigenvalue weighted by molar-refractivity contribution is 6.29. The molecule has 0 aliphatic rings. The highest BCUT2D eigenvalue weighted by Gasteiger charge is 2.12. The molecule has 0 fully saturated rings. The summed E-state index contributed by atoms with van der Waals surface area (Å²) >= 11 is 6.08. The van der Waals surface area contributed by atoms with E-state index in [4.69, 9.17) is 11.6 Å². The van der Waals surface area contributed by atoms with Crippen LogP contribution in [0.15, 0.2) is 42.5 Å². The van der Waals surface area contributed by atoms with Gasteiger partial charge in [0.2, 0.25) is 11.2 Å². The second kappa shape index (κ2) is 3.75. The first-order chi connectivity index (χ1) is 8.25. The van der Waals surface area contributed by atoms with Crippen LogP contribution in [0.5, 0.6) is 5.88 Å². The summed E-state index contributed by atoms with van der Waals surface area (Å²) in [4.78, 5) is 8.23. The summed E-state index contributed by atoms with van der Waals surface area (Å²) in [5, 5.41) is 9.74. The highest BCUT2D eigenvalue weighted by Crippen LogP contribution is 2.24. The van der Waals surface area contributed by atoms with E-state index in [-0.39, 0.29) is 5.88 Å². The summed E-state index contributed by atoms with van der Waals surface area (Å²) in [6.45, 7) is 0. The molecule has 0 bridgehead atoms. The van der Waals surface area contributed by atoms with Gasteiger partial charge in [-0.15, -0.1) is 0 Å². The van der Waals surface area contributed by atoms with E-state index in [2.05, 4.69) is 9.97 Å². The van der Waals surface area contributed by atoms with Crippen molar-refractivity contribution in [3.05, 3.63) is 47.7 Å². The van der Waals surface area contributed by atoms with E-state index < -0.39 is 0 Å². The summed E-state index contributed by atoms with van der Waals surface area (Å²) in [7, 11) is 0. The number of benzene rings is 1. The van der Waals surface area contributed by atoms with Crippen molar-refractivity contribution in [1.29, 1.82) is 0 Å². The Morgan fingerprint density at radius 1 is 1.00 bits per heavy atom. The third kappa shape index (κ3) is 1.62. The Labute approximate surface area is 102 Å². The lowest BCUT2D eigenvalue weighted by molar-refractivity contribution is 0.455.